The molecule has 31 heavy (non-hydrogen) atoms. The Labute approximate surface area is 182 Å². The average molecular weight is 447 g/mol. The summed E-state index contributed by atoms with van der Waals surface area (Å²) in [7, 11) is -0.694. The monoisotopic (exact) mass is 446 g/mol. The molecule has 0 aliphatic rings. The summed E-state index contributed by atoms with van der Waals surface area (Å²) in [5.74, 6) is 2.05. The first kappa shape index (κ1) is 22.6. The molecule has 166 valence electrons. The second-order valence-corrected chi connectivity index (χ2v) is 8.69. The summed E-state index contributed by atoms with van der Waals surface area (Å²) in [6.45, 7) is 4.56. The van der Waals surface area contributed by atoms with Crippen LogP contribution in [0.25, 0.3) is 11.3 Å². The maximum absolute atomic E-state index is 13.1. The van der Waals surface area contributed by atoms with Crippen molar-refractivity contribution in [1.82, 2.24) is 9.46 Å². The van der Waals surface area contributed by atoms with Gasteiger partial charge in [0.1, 0.15) is 11.4 Å². The third-order valence-electron chi connectivity index (χ3n) is 4.55. The van der Waals surface area contributed by atoms with E-state index in [1.54, 1.807) is 19.2 Å². The topological polar surface area (TPSA) is 91.1 Å². The molecule has 0 bridgehead atoms. The lowest BCUT2D eigenvalue weighted by Crippen LogP contribution is -2.26. The van der Waals surface area contributed by atoms with E-state index >= 15 is 0 Å². The smallest absolute Gasteiger partial charge is 0.243 e. The van der Waals surface area contributed by atoms with Crippen LogP contribution < -0.4 is 14.2 Å². The van der Waals surface area contributed by atoms with Gasteiger partial charge in [0.2, 0.25) is 10.0 Å². The van der Waals surface area contributed by atoms with Gasteiger partial charge in [-0.15, -0.1) is 0 Å². The molecule has 0 unspecified atom stereocenters. The van der Waals surface area contributed by atoms with Crippen molar-refractivity contribution in [2.24, 2.45) is 0 Å². The van der Waals surface area contributed by atoms with Crippen molar-refractivity contribution in [2.45, 2.75) is 25.3 Å². The van der Waals surface area contributed by atoms with E-state index in [0.29, 0.717) is 36.2 Å². The van der Waals surface area contributed by atoms with Crippen molar-refractivity contribution >= 4 is 10.0 Å². The van der Waals surface area contributed by atoms with Crippen LogP contribution in [0.2, 0.25) is 0 Å². The fraction of sp³-hybridized carbons (Fsp3) is 0.318. The molecular formula is C22H26N2O6S. The summed E-state index contributed by atoms with van der Waals surface area (Å²) < 4.78 is 48.9. The molecule has 2 aromatic carbocycles. The van der Waals surface area contributed by atoms with Crippen molar-refractivity contribution < 1.29 is 27.2 Å². The molecule has 1 heterocycles. The first-order valence-electron chi connectivity index (χ1n) is 9.85. The predicted molar refractivity (Wildman–Crippen MR) is 116 cm³/mol. The van der Waals surface area contributed by atoms with Gasteiger partial charge < -0.3 is 18.7 Å². The summed E-state index contributed by atoms with van der Waals surface area (Å²) in [5, 5.41) is 4.05. The van der Waals surface area contributed by atoms with Crippen LogP contribution in [0.5, 0.6) is 17.2 Å². The summed E-state index contributed by atoms with van der Waals surface area (Å²) in [6.07, 6.45) is 0. The van der Waals surface area contributed by atoms with Gasteiger partial charge in [-0.2, -0.15) is 4.31 Å². The van der Waals surface area contributed by atoms with Crippen molar-refractivity contribution in [1.29, 1.82) is 0 Å². The Morgan fingerprint density at radius 2 is 1.65 bits per heavy atom. The molecule has 0 amide bonds. The number of hydrogen-bond acceptors (Lipinski definition) is 7. The van der Waals surface area contributed by atoms with Gasteiger partial charge in [-0.3, -0.25) is 0 Å². The van der Waals surface area contributed by atoms with Gasteiger partial charge in [-0.05, 0) is 50.2 Å². The molecule has 0 aliphatic heterocycles. The molecular weight excluding hydrogens is 420 g/mol. The van der Waals surface area contributed by atoms with Crippen LogP contribution in [0.4, 0.5) is 0 Å². The van der Waals surface area contributed by atoms with E-state index < -0.39 is 10.0 Å². The summed E-state index contributed by atoms with van der Waals surface area (Å²) in [6, 6.07) is 13.7. The fourth-order valence-electron chi connectivity index (χ4n) is 2.96. The van der Waals surface area contributed by atoms with Crippen LogP contribution in [-0.4, -0.2) is 45.3 Å². The molecule has 0 atom stereocenters. The molecule has 3 aromatic rings. The number of benzene rings is 2. The number of aromatic nitrogens is 1. The Hall–Kier alpha value is -3.04. The zero-order chi connectivity index (χ0) is 22.4. The SMILES string of the molecule is CCOc1ccc(S(=O)(=O)N(C)Cc2cc(-c3ccc(OC)cc3)no2)cc1OCC. The zero-order valence-electron chi connectivity index (χ0n) is 18.0. The summed E-state index contributed by atoms with van der Waals surface area (Å²) in [4.78, 5) is 0.108. The number of rotatable bonds is 10. The van der Waals surface area contributed by atoms with Crippen molar-refractivity contribution in [3.05, 3.63) is 54.3 Å². The summed E-state index contributed by atoms with van der Waals surface area (Å²) >= 11 is 0. The highest BCUT2D eigenvalue weighted by molar-refractivity contribution is 7.89. The fourth-order valence-corrected chi connectivity index (χ4v) is 4.11. The van der Waals surface area contributed by atoms with Crippen molar-refractivity contribution in [3.8, 4) is 28.5 Å². The highest BCUT2D eigenvalue weighted by Crippen LogP contribution is 2.31. The first-order valence-corrected chi connectivity index (χ1v) is 11.3. The average Bonchev–Trinajstić information content (AvgIpc) is 3.23. The quantitative estimate of drug-likeness (QED) is 0.465. The second-order valence-electron chi connectivity index (χ2n) is 6.64. The Morgan fingerprint density at radius 1 is 0.968 bits per heavy atom. The van der Waals surface area contributed by atoms with Gasteiger partial charge in [0.25, 0.3) is 0 Å². The van der Waals surface area contributed by atoms with Crippen LogP contribution in [0.15, 0.2) is 57.9 Å². The molecule has 0 saturated carbocycles. The molecule has 0 radical (unpaired) electrons. The molecule has 1 aromatic heterocycles. The molecule has 0 aliphatic carbocycles. The lowest BCUT2D eigenvalue weighted by atomic mass is 10.1. The molecule has 9 heteroatoms. The normalized spacial score (nSPS) is 11.5. The standard InChI is InChI=1S/C22H26N2O6S/c1-5-28-21-12-11-19(14-22(21)29-6-2)31(25,26)24(3)15-18-13-20(23-30-18)16-7-9-17(27-4)10-8-16/h7-14H,5-6,15H2,1-4H3. The maximum Gasteiger partial charge on any atom is 0.243 e. The largest absolute Gasteiger partial charge is 0.497 e. The molecule has 3 rings (SSSR count). The van der Waals surface area contributed by atoms with E-state index in [-0.39, 0.29) is 11.4 Å². The van der Waals surface area contributed by atoms with Crippen LogP contribution in [0, 0.1) is 0 Å². The Bertz CT molecular complexity index is 1110. The summed E-state index contributed by atoms with van der Waals surface area (Å²) in [5.41, 5.74) is 1.46. The van der Waals surface area contributed by atoms with Crippen LogP contribution in [-0.2, 0) is 16.6 Å². The van der Waals surface area contributed by atoms with Crippen molar-refractivity contribution in [2.75, 3.05) is 27.4 Å². The minimum atomic E-state index is -3.78. The van der Waals surface area contributed by atoms with E-state index in [4.69, 9.17) is 18.7 Å². The lowest BCUT2D eigenvalue weighted by molar-refractivity contribution is 0.287. The first-order chi connectivity index (χ1) is 14.9. The van der Waals surface area contributed by atoms with E-state index in [1.807, 2.05) is 38.1 Å². The van der Waals surface area contributed by atoms with Crippen LogP contribution in [0.3, 0.4) is 0 Å². The molecule has 0 saturated heterocycles. The highest BCUT2D eigenvalue weighted by atomic mass is 32.2. The minimum Gasteiger partial charge on any atom is -0.497 e. The van der Waals surface area contributed by atoms with Gasteiger partial charge in [-0.25, -0.2) is 8.42 Å². The van der Waals surface area contributed by atoms with Crippen molar-refractivity contribution in [3.63, 3.8) is 0 Å². The maximum atomic E-state index is 13.1. The van der Waals surface area contributed by atoms with Gasteiger partial charge in [0.15, 0.2) is 17.3 Å². The number of nitrogens with zero attached hydrogens (tertiary/aromatic N) is 2. The van der Waals surface area contributed by atoms with E-state index in [1.165, 1.54) is 23.5 Å². The van der Waals surface area contributed by atoms with Gasteiger partial charge in [0.05, 0.1) is 31.8 Å². The Balaban J connectivity index is 1.78. The Morgan fingerprint density at radius 3 is 2.29 bits per heavy atom. The van der Waals surface area contributed by atoms with E-state index in [0.717, 1.165) is 11.3 Å². The van der Waals surface area contributed by atoms with Gasteiger partial charge in [0, 0.05) is 24.7 Å². The van der Waals surface area contributed by atoms with E-state index in [9.17, 15) is 8.42 Å². The Kier molecular flexibility index (Phi) is 7.19. The van der Waals surface area contributed by atoms with Crippen LogP contribution in [0.1, 0.15) is 19.6 Å². The third kappa shape index (κ3) is 5.18. The van der Waals surface area contributed by atoms with Gasteiger partial charge in [-0.1, -0.05) is 5.16 Å². The molecule has 0 fully saturated rings. The van der Waals surface area contributed by atoms with E-state index in [2.05, 4.69) is 5.16 Å². The van der Waals surface area contributed by atoms with Crippen LogP contribution >= 0.6 is 0 Å². The molecule has 8 nitrogen and oxygen atoms in total. The highest BCUT2D eigenvalue weighted by Gasteiger charge is 2.24. The minimum absolute atomic E-state index is 0.0304. The lowest BCUT2D eigenvalue weighted by Gasteiger charge is -2.17. The number of ether oxygens (including phenoxy) is 3. The molecule has 0 spiro atoms. The third-order valence-corrected chi connectivity index (χ3v) is 6.35. The second kappa shape index (κ2) is 9.84. The zero-order valence-corrected chi connectivity index (χ0v) is 18.8. The number of hydrogen-bond donors (Lipinski definition) is 0. The molecule has 0 N–H and O–H groups in total. The predicted octanol–water partition coefficient (Wildman–Crippen LogP) is 3.97. The number of sulfonamides is 1. The van der Waals surface area contributed by atoms with Gasteiger partial charge >= 0.3 is 0 Å². The number of methoxy groups -OCH3 is 1.